The van der Waals surface area contributed by atoms with Crippen LogP contribution in [0.5, 0.6) is 0 Å². The Hall–Kier alpha value is -1.78. The fourth-order valence-electron chi connectivity index (χ4n) is 1.99. The number of H-pyrrole nitrogens is 1. The minimum absolute atomic E-state index is 0.238. The van der Waals surface area contributed by atoms with Crippen molar-refractivity contribution in [2.75, 3.05) is 7.05 Å². The number of aromatic nitrogens is 1. The van der Waals surface area contributed by atoms with E-state index in [0.29, 0.717) is 10.0 Å². The van der Waals surface area contributed by atoms with Crippen LogP contribution in [0.25, 0.3) is 0 Å². The van der Waals surface area contributed by atoms with Crippen molar-refractivity contribution in [2.24, 2.45) is 0 Å². The number of hydrogen-bond donors (Lipinski definition) is 1. The van der Waals surface area contributed by atoms with Gasteiger partial charge < -0.3 is 9.88 Å². The van der Waals surface area contributed by atoms with Gasteiger partial charge in [0.2, 0.25) is 5.56 Å². The molecule has 0 fully saturated rings. The maximum Gasteiger partial charge on any atom is 0.270 e. The molecule has 0 spiro atoms. The fourth-order valence-corrected chi connectivity index (χ4v) is 2.55. The quantitative estimate of drug-likeness (QED) is 0.939. The molecule has 0 radical (unpaired) electrons. The molecule has 1 atom stereocenters. The third kappa shape index (κ3) is 3.46. The molecule has 2 aromatic rings. The van der Waals surface area contributed by atoms with Gasteiger partial charge >= 0.3 is 0 Å². The topological polar surface area (TPSA) is 53.2 Å². The molecule has 0 saturated heterocycles. The Balaban J connectivity index is 2.28. The van der Waals surface area contributed by atoms with E-state index in [9.17, 15) is 9.59 Å². The van der Waals surface area contributed by atoms with E-state index in [1.54, 1.807) is 37.4 Å². The summed E-state index contributed by atoms with van der Waals surface area (Å²) in [6, 6.07) is 9.35. The molecule has 1 unspecified atom stereocenters. The number of aromatic amines is 1. The number of carbonyl (C=O) groups excluding carboxylic acids is 1. The zero-order valence-corrected chi connectivity index (χ0v) is 13.1. The number of rotatable bonds is 3. The molecule has 110 valence electrons. The lowest BCUT2D eigenvalue weighted by atomic mass is 10.1. The molecular weight excluding hydrogens is 311 g/mol. The summed E-state index contributed by atoms with van der Waals surface area (Å²) >= 11 is 12.0. The van der Waals surface area contributed by atoms with E-state index in [4.69, 9.17) is 23.2 Å². The number of amides is 1. The third-order valence-electron chi connectivity index (χ3n) is 3.31. The minimum atomic E-state index is -0.313. The largest absolute Gasteiger partial charge is 0.334 e. The maximum atomic E-state index is 12.4. The zero-order chi connectivity index (χ0) is 15.6. The van der Waals surface area contributed by atoms with Crippen LogP contribution in [0.3, 0.4) is 0 Å². The van der Waals surface area contributed by atoms with Crippen LogP contribution < -0.4 is 5.56 Å². The molecule has 4 nitrogen and oxygen atoms in total. The lowest BCUT2D eigenvalue weighted by molar-refractivity contribution is 0.0736. The second kappa shape index (κ2) is 6.33. The van der Waals surface area contributed by atoms with Crippen LogP contribution in [0, 0.1) is 0 Å². The number of nitrogens with zero attached hydrogens (tertiary/aromatic N) is 1. The summed E-state index contributed by atoms with van der Waals surface area (Å²) in [5.41, 5.74) is 0.712. The first-order valence-corrected chi connectivity index (χ1v) is 7.07. The first kappa shape index (κ1) is 15.6. The highest BCUT2D eigenvalue weighted by Gasteiger charge is 2.21. The predicted octanol–water partition coefficient (Wildman–Crippen LogP) is 3.51. The SMILES string of the molecule is CC(c1ccc(Cl)cc1Cl)N(C)C(=O)c1cccc(=O)[nH]1. The molecule has 0 bridgehead atoms. The summed E-state index contributed by atoms with van der Waals surface area (Å²) in [6.45, 7) is 1.86. The van der Waals surface area contributed by atoms with Gasteiger partial charge in [-0.25, -0.2) is 0 Å². The van der Waals surface area contributed by atoms with Crippen LogP contribution in [0.2, 0.25) is 10.0 Å². The summed E-state index contributed by atoms with van der Waals surface area (Å²) < 4.78 is 0. The monoisotopic (exact) mass is 324 g/mol. The Kier molecular flexibility index (Phi) is 4.70. The average Bonchev–Trinajstić information content (AvgIpc) is 2.45. The van der Waals surface area contributed by atoms with E-state index in [1.807, 2.05) is 6.92 Å². The summed E-state index contributed by atoms with van der Waals surface area (Å²) in [6.07, 6.45) is 0. The van der Waals surface area contributed by atoms with E-state index >= 15 is 0 Å². The van der Waals surface area contributed by atoms with Gasteiger partial charge in [-0.3, -0.25) is 9.59 Å². The van der Waals surface area contributed by atoms with Crippen molar-refractivity contribution in [3.05, 3.63) is 68.1 Å². The highest BCUT2D eigenvalue weighted by Crippen LogP contribution is 2.29. The van der Waals surface area contributed by atoms with Gasteiger partial charge in [0, 0.05) is 23.2 Å². The first-order chi connectivity index (χ1) is 9.90. The van der Waals surface area contributed by atoms with Gasteiger partial charge in [-0.05, 0) is 30.7 Å². The second-order valence-corrected chi connectivity index (χ2v) is 5.53. The van der Waals surface area contributed by atoms with E-state index in [2.05, 4.69) is 4.98 Å². The van der Waals surface area contributed by atoms with Gasteiger partial charge in [-0.15, -0.1) is 0 Å². The Morgan fingerprint density at radius 2 is 1.95 bits per heavy atom. The fraction of sp³-hybridized carbons (Fsp3) is 0.200. The molecule has 1 amide bonds. The number of carbonyl (C=O) groups is 1. The molecule has 0 aliphatic rings. The molecule has 1 N–H and O–H groups in total. The van der Waals surface area contributed by atoms with Crippen LogP contribution in [0.1, 0.15) is 29.0 Å². The standard InChI is InChI=1S/C15H14Cl2N2O2/c1-9(11-7-6-10(16)8-12(11)17)19(2)15(21)13-4-3-5-14(20)18-13/h3-9H,1-2H3,(H,18,20). The number of halogens is 2. The molecule has 6 heteroatoms. The van der Waals surface area contributed by atoms with E-state index in [-0.39, 0.29) is 23.2 Å². The van der Waals surface area contributed by atoms with Crippen molar-refractivity contribution in [1.29, 1.82) is 0 Å². The molecule has 1 heterocycles. The number of benzene rings is 1. The van der Waals surface area contributed by atoms with Gasteiger partial charge in [-0.1, -0.05) is 35.3 Å². The van der Waals surface area contributed by atoms with Gasteiger partial charge in [0.05, 0.1) is 6.04 Å². The van der Waals surface area contributed by atoms with Crippen molar-refractivity contribution in [3.63, 3.8) is 0 Å². The Morgan fingerprint density at radius 3 is 2.57 bits per heavy atom. The van der Waals surface area contributed by atoms with Gasteiger partial charge in [0.25, 0.3) is 5.91 Å². The molecule has 21 heavy (non-hydrogen) atoms. The van der Waals surface area contributed by atoms with Crippen molar-refractivity contribution < 1.29 is 4.79 Å². The summed E-state index contributed by atoms with van der Waals surface area (Å²) in [4.78, 5) is 27.7. The molecular formula is C15H14Cl2N2O2. The smallest absolute Gasteiger partial charge is 0.270 e. The lowest BCUT2D eigenvalue weighted by Crippen LogP contribution is -2.31. The van der Waals surface area contributed by atoms with Gasteiger partial charge in [-0.2, -0.15) is 0 Å². The van der Waals surface area contributed by atoms with Crippen molar-refractivity contribution in [1.82, 2.24) is 9.88 Å². The number of nitrogens with one attached hydrogen (secondary N) is 1. The average molecular weight is 325 g/mol. The second-order valence-electron chi connectivity index (χ2n) is 4.69. The molecule has 1 aromatic carbocycles. The highest BCUT2D eigenvalue weighted by molar-refractivity contribution is 6.35. The number of hydrogen-bond acceptors (Lipinski definition) is 2. The summed E-state index contributed by atoms with van der Waals surface area (Å²) in [7, 11) is 1.66. The van der Waals surface area contributed by atoms with Crippen LogP contribution in [-0.4, -0.2) is 22.8 Å². The zero-order valence-electron chi connectivity index (χ0n) is 11.6. The van der Waals surface area contributed by atoms with Crippen molar-refractivity contribution >= 4 is 29.1 Å². The summed E-state index contributed by atoms with van der Waals surface area (Å²) in [5, 5.41) is 1.04. The lowest BCUT2D eigenvalue weighted by Gasteiger charge is -2.26. The van der Waals surface area contributed by atoms with Gasteiger partial charge in [0.1, 0.15) is 5.69 Å². The molecule has 0 aliphatic carbocycles. The molecule has 0 aliphatic heterocycles. The molecule has 2 rings (SSSR count). The van der Waals surface area contributed by atoms with Crippen LogP contribution >= 0.6 is 23.2 Å². The molecule has 1 aromatic heterocycles. The minimum Gasteiger partial charge on any atom is -0.334 e. The Bertz CT molecular complexity index is 728. The Morgan fingerprint density at radius 1 is 1.24 bits per heavy atom. The van der Waals surface area contributed by atoms with Crippen LogP contribution in [-0.2, 0) is 0 Å². The normalized spacial score (nSPS) is 12.0. The van der Waals surface area contributed by atoms with E-state index < -0.39 is 0 Å². The van der Waals surface area contributed by atoms with E-state index in [0.717, 1.165) is 5.56 Å². The maximum absolute atomic E-state index is 12.4. The number of pyridine rings is 1. The van der Waals surface area contributed by atoms with Gasteiger partial charge in [0.15, 0.2) is 0 Å². The van der Waals surface area contributed by atoms with Crippen molar-refractivity contribution in [3.8, 4) is 0 Å². The predicted molar refractivity (Wildman–Crippen MR) is 84.0 cm³/mol. The van der Waals surface area contributed by atoms with Crippen molar-refractivity contribution in [2.45, 2.75) is 13.0 Å². The molecule has 0 saturated carbocycles. The highest BCUT2D eigenvalue weighted by atomic mass is 35.5. The first-order valence-electron chi connectivity index (χ1n) is 6.31. The Labute approximate surface area is 132 Å². The third-order valence-corrected chi connectivity index (χ3v) is 3.88. The summed E-state index contributed by atoms with van der Waals surface area (Å²) in [5.74, 6) is -0.286. The van der Waals surface area contributed by atoms with E-state index in [1.165, 1.54) is 11.0 Å². The van der Waals surface area contributed by atoms with Crippen LogP contribution in [0.4, 0.5) is 0 Å². The van der Waals surface area contributed by atoms with Crippen LogP contribution in [0.15, 0.2) is 41.2 Å².